The number of nitrogens with zero attached hydrogens (tertiary/aromatic N) is 1. The molecule has 1 unspecified atom stereocenters. The molecule has 1 atom stereocenters. The number of benzene rings is 1. The summed E-state index contributed by atoms with van der Waals surface area (Å²) in [5.74, 6) is 0.328. The van der Waals surface area contributed by atoms with E-state index in [-0.39, 0.29) is 25.0 Å². The molecule has 3 rings (SSSR count). The molecule has 1 saturated heterocycles. The third-order valence-electron chi connectivity index (χ3n) is 3.96. The number of ether oxygens (including phenoxy) is 2. The van der Waals surface area contributed by atoms with Crippen molar-refractivity contribution in [2.45, 2.75) is 65.8 Å². The Morgan fingerprint density at radius 3 is 2.44 bits per heavy atom. The van der Waals surface area contributed by atoms with Gasteiger partial charge in [-0.1, -0.05) is 13.8 Å². The summed E-state index contributed by atoms with van der Waals surface area (Å²) in [5, 5.41) is 4.37. The average Bonchev–Trinajstić information content (AvgIpc) is 3.11. The van der Waals surface area contributed by atoms with Gasteiger partial charge in [0.15, 0.2) is 0 Å². The van der Waals surface area contributed by atoms with E-state index in [0.717, 1.165) is 17.2 Å². The van der Waals surface area contributed by atoms with Crippen molar-refractivity contribution in [2.24, 2.45) is 5.73 Å². The van der Waals surface area contributed by atoms with Crippen molar-refractivity contribution in [3.05, 3.63) is 30.0 Å². The predicted octanol–water partition coefficient (Wildman–Crippen LogP) is 4.37. The van der Waals surface area contributed by atoms with Crippen LogP contribution in [0.2, 0.25) is 0 Å². The van der Waals surface area contributed by atoms with Crippen LogP contribution in [-0.4, -0.2) is 41.7 Å². The highest BCUT2D eigenvalue weighted by atomic mass is 19.4. The van der Waals surface area contributed by atoms with Gasteiger partial charge in [0, 0.05) is 24.9 Å². The Kier molecular flexibility index (Phi) is 10.2. The van der Waals surface area contributed by atoms with Gasteiger partial charge in [0.25, 0.3) is 5.91 Å². The minimum absolute atomic E-state index is 0.0131. The molecule has 1 aliphatic rings. The molecule has 0 radical (unpaired) electrons. The quantitative estimate of drug-likeness (QED) is 0.670. The number of fused-ring (bicyclic) bond motifs is 1. The molecular weight excluding hydrogens is 427 g/mol. The van der Waals surface area contributed by atoms with Crippen LogP contribution in [0, 0.1) is 0 Å². The standard InChI is InChI=1S/C18H21N3O4.C2H3F3.C2H6/c1-10(2)25-15-8-13-11(7-14(15)17(19)23)5-6-20-18(13)24-9-12-3-4-16(22)21-12;1-2(3,4)5;1-2/h5-8,10,12H,3-4,9H2,1-2H3,(H2,19,23)(H,21,22);1H3;1-2H3. The number of halogens is 3. The molecule has 2 amide bonds. The maximum atomic E-state index is 11.7. The predicted molar refractivity (Wildman–Crippen MR) is 116 cm³/mol. The van der Waals surface area contributed by atoms with Crippen molar-refractivity contribution in [3.8, 4) is 11.6 Å². The molecule has 32 heavy (non-hydrogen) atoms. The van der Waals surface area contributed by atoms with Crippen molar-refractivity contribution < 1.29 is 32.2 Å². The van der Waals surface area contributed by atoms with Crippen LogP contribution in [-0.2, 0) is 4.79 Å². The molecule has 0 spiro atoms. The number of hydrogen-bond donors (Lipinski definition) is 2. The lowest BCUT2D eigenvalue weighted by molar-refractivity contribution is -0.119. The molecule has 3 N–H and O–H groups in total. The Morgan fingerprint density at radius 1 is 1.31 bits per heavy atom. The summed E-state index contributed by atoms with van der Waals surface area (Å²) in [7, 11) is 0. The summed E-state index contributed by atoms with van der Waals surface area (Å²) >= 11 is 0. The molecule has 0 bridgehead atoms. The second-order valence-electron chi connectivity index (χ2n) is 7.11. The van der Waals surface area contributed by atoms with Gasteiger partial charge in [0.2, 0.25) is 11.8 Å². The van der Waals surface area contributed by atoms with Crippen LogP contribution < -0.4 is 20.5 Å². The summed E-state index contributed by atoms with van der Waals surface area (Å²) in [6.07, 6.45) is -1.23. The van der Waals surface area contributed by atoms with Crippen molar-refractivity contribution in [2.75, 3.05) is 6.61 Å². The van der Waals surface area contributed by atoms with E-state index in [2.05, 4.69) is 10.3 Å². The largest absolute Gasteiger partial charge is 0.490 e. The topological polar surface area (TPSA) is 104 Å². The Bertz CT molecular complexity index is 911. The van der Waals surface area contributed by atoms with Crippen LogP contribution in [0.3, 0.4) is 0 Å². The summed E-state index contributed by atoms with van der Waals surface area (Å²) in [5.41, 5.74) is 5.79. The monoisotopic (exact) mass is 457 g/mol. The smallest absolute Gasteiger partial charge is 0.386 e. The van der Waals surface area contributed by atoms with E-state index in [9.17, 15) is 22.8 Å². The molecule has 7 nitrogen and oxygen atoms in total. The van der Waals surface area contributed by atoms with Crippen molar-refractivity contribution in [1.29, 1.82) is 0 Å². The van der Waals surface area contributed by atoms with Crippen LogP contribution in [0.5, 0.6) is 11.6 Å². The summed E-state index contributed by atoms with van der Waals surface area (Å²) in [4.78, 5) is 27.3. The first-order valence-electron chi connectivity index (χ1n) is 10.3. The lowest BCUT2D eigenvalue weighted by Gasteiger charge is -2.16. The molecule has 10 heteroatoms. The Morgan fingerprint density at radius 2 is 1.94 bits per heavy atom. The van der Waals surface area contributed by atoms with Crippen LogP contribution >= 0.6 is 0 Å². The molecule has 1 aliphatic heterocycles. The molecular formula is C22H30F3N3O4. The van der Waals surface area contributed by atoms with Gasteiger partial charge in [-0.2, -0.15) is 13.2 Å². The summed E-state index contributed by atoms with van der Waals surface area (Å²) in [6, 6.07) is 5.18. The van der Waals surface area contributed by atoms with Gasteiger partial charge in [-0.3, -0.25) is 9.59 Å². The van der Waals surface area contributed by atoms with Gasteiger partial charge in [0.05, 0.1) is 17.7 Å². The first kappa shape index (κ1) is 27.0. The summed E-state index contributed by atoms with van der Waals surface area (Å²) < 4.78 is 42.6. The first-order valence-corrected chi connectivity index (χ1v) is 10.3. The normalized spacial score (nSPS) is 15.3. The Balaban J connectivity index is 0.000000646. The molecule has 0 aliphatic carbocycles. The number of aromatic nitrogens is 1. The maximum Gasteiger partial charge on any atom is 0.386 e. The number of rotatable bonds is 6. The van der Waals surface area contributed by atoms with E-state index in [1.54, 1.807) is 24.4 Å². The SMILES string of the molecule is CC.CC(C)Oc1cc2c(OCC3CCC(=O)N3)nccc2cc1C(N)=O.CC(F)(F)F. The van der Waals surface area contributed by atoms with Crippen LogP contribution in [0.25, 0.3) is 10.8 Å². The van der Waals surface area contributed by atoms with E-state index in [0.29, 0.717) is 30.2 Å². The minimum Gasteiger partial charge on any atom is -0.490 e. The van der Waals surface area contributed by atoms with E-state index in [4.69, 9.17) is 15.2 Å². The van der Waals surface area contributed by atoms with Gasteiger partial charge < -0.3 is 20.5 Å². The van der Waals surface area contributed by atoms with Gasteiger partial charge in [-0.25, -0.2) is 4.98 Å². The fourth-order valence-electron chi connectivity index (χ4n) is 2.82. The highest BCUT2D eigenvalue weighted by molar-refractivity contribution is 6.01. The molecule has 1 fully saturated rings. The van der Waals surface area contributed by atoms with E-state index in [1.807, 2.05) is 27.7 Å². The van der Waals surface area contributed by atoms with Gasteiger partial charge >= 0.3 is 6.18 Å². The third kappa shape index (κ3) is 8.99. The number of nitrogens with one attached hydrogen (secondary N) is 1. The Labute approximate surface area is 185 Å². The summed E-state index contributed by atoms with van der Waals surface area (Å²) in [6.45, 7) is 8.28. The lowest BCUT2D eigenvalue weighted by atomic mass is 10.1. The second kappa shape index (κ2) is 12.1. The van der Waals surface area contributed by atoms with E-state index in [1.165, 1.54) is 0 Å². The zero-order valence-electron chi connectivity index (χ0n) is 18.9. The number of pyridine rings is 1. The minimum atomic E-state index is -4.00. The van der Waals surface area contributed by atoms with Crippen molar-refractivity contribution in [1.82, 2.24) is 10.3 Å². The number of nitrogens with two attached hydrogens (primary N) is 1. The van der Waals surface area contributed by atoms with Crippen molar-refractivity contribution >= 4 is 22.6 Å². The Hall–Kier alpha value is -3.04. The number of alkyl halides is 3. The van der Waals surface area contributed by atoms with Gasteiger partial charge in [0.1, 0.15) is 12.4 Å². The molecule has 2 heterocycles. The molecule has 0 saturated carbocycles. The van der Waals surface area contributed by atoms with Gasteiger partial charge in [-0.15, -0.1) is 0 Å². The number of carbonyl (C=O) groups is 2. The number of amides is 2. The zero-order valence-corrected chi connectivity index (χ0v) is 18.9. The van der Waals surface area contributed by atoms with Crippen molar-refractivity contribution in [3.63, 3.8) is 0 Å². The number of hydrogen-bond acceptors (Lipinski definition) is 5. The maximum absolute atomic E-state index is 11.7. The number of carbonyl (C=O) groups excluding carboxylic acids is 2. The number of primary amides is 1. The van der Waals surface area contributed by atoms with Gasteiger partial charge in [-0.05, 0) is 43.9 Å². The molecule has 1 aromatic carbocycles. The fourth-order valence-corrected chi connectivity index (χ4v) is 2.82. The highest BCUT2D eigenvalue weighted by Crippen LogP contribution is 2.31. The van der Waals surface area contributed by atoms with E-state index < -0.39 is 12.1 Å². The third-order valence-corrected chi connectivity index (χ3v) is 3.96. The fraction of sp³-hybridized carbons (Fsp3) is 0.500. The molecule has 2 aromatic rings. The average molecular weight is 457 g/mol. The van der Waals surface area contributed by atoms with E-state index >= 15 is 0 Å². The molecule has 1 aromatic heterocycles. The van der Waals surface area contributed by atoms with Crippen LogP contribution in [0.1, 0.15) is 57.8 Å². The van der Waals surface area contributed by atoms with Crippen LogP contribution in [0.15, 0.2) is 24.4 Å². The second-order valence-corrected chi connectivity index (χ2v) is 7.11. The zero-order chi connectivity index (χ0) is 24.5. The van der Waals surface area contributed by atoms with Crippen LogP contribution in [0.4, 0.5) is 13.2 Å². The highest BCUT2D eigenvalue weighted by Gasteiger charge is 2.22. The lowest BCUT2D eigenvalue weighted by Crippen LogP contribution is -2.31. The molecule has 178 valence electrons. The first-order chi connectivity index (χ1) is 14.9.